The number of ether oxygens (including phenoxy) is 1. The molecule has 2 nitrogen and oxygen atoms in total. The lowest BCUT2D eigenvalue weighted by molar-refractivity contribution is -0.141. The molecule has 0 fully saturated rings. The van der Waals surface area contributed by atoms with Crippen molar-refractivity contribution in [3.05, 3.63) is 11.5 Å². The molecule has 0 saturated carbocycles. The van der Waals surface area contributed by atoms with Crippen molar-refractivity contribution < 1.29 is 9.53 Å². The van der Waals surface area contributed by atoms with Crippen LogP contribution in [0.2, 0.25) is 0 Å². The molecule has 1 rings (SSSR count). The third-order valence-electron chi connectivity index (χ3n) is 2.24. The van der Waals surface area contributed by atoms with E-state index in [2.05, 4.69) is 4.74 Å². The van der Waals surface area contributed by atoms with E-state index in [1.54, 1.807) is 0 Å². The topological polar surface area (TPSA) is 26.3 Å². The lowest BCUT2D eigenvalue weighted by atomic mass is 9.80. The monoisotopic (exact) mass is 164 g/mol. The predicted molar refractivity (Wildman–Crippen MR) is 47.8 cm³/mol. The smallest absolute Gasteiger partial charge is 0.305 e. The average Bonchev–Trinajstić information content (AvgIpc) is 2.09. The van der Waals surface area contributed by atoms with Crippen molar-refractivity contribution >= 4 is 13.8 Å². The fourth-order valence-electron chi connectivity index (χ4n) is 1.41. The summed E-state index contributed by atoms with van der Waals surface area (Å²) in [6, 6.07) is 0. The number of carbonyl (C=O) groups excluding carboxylic acids is 1. The molecule has 0 N–H and O–H groups in total. The Labute approximate surface area is 74.4 Å². The van der Waals surface area contributed by atoms with Crippen molar-refractivity contribution in [1.29, 1.82) is 0 Å². The summed E-state index contributed by atoms with van der Waals surface area (Å²) < 4.78 is 4.59. The fourth-order valence-corrected chi connectivity index (χ4v) is 1.41. The number of allylic oxidation sites excluding steroid dienone is 2. The Kier molecular flexibility index (Phi) is 3.38. The summed E-state index contributed by atoms with van der Waals surface area (Å²) >= 11 is 0. The molecule has 0 aliphatic heterocycles. The Morgan fingerprint density at radius 2 is 2.58 bits per heavy atom. The molecule has 0 aromatic heterocycles. The Morgan fingerprint density at radius 3 is 3.08 bits per heavy atom. The Bertz CT molecular complexity index is 199. The summed E-state index contributed by atoms with van der Waals surface area (Å²) in [7, 11) is 7.03. The van der Waals surface area contributed by atoms with Gasteiger partial charge in [-0.25, -0.2) is 0 Å². The molecule has 1 atom stereocenters. The molecule has 0 amide bonds. The Hall–Kier alpha value is -0.725. The van der Waals surface area contributed by atoms with Crippen LogP contribution in [0.15, 0.2) is 11.5 Å². The van der Waals surface area contributed by atoms with Gasteiger partial charge < -0.3 is 4.74 Å². The van der Waals surface area contributed by atoms with E-state index in [1.807, 2.05) is 6.08 Å². The van der Waals surface area contributed by atoms with Crippen LogP contribution in [0.1, 0.15) is 25.7 Å². The predicted octanol–water partition coefficient (Wildman–Crippen LogP) is 1.40. The number of rotatable bonds is 2. The highest BCUT2D eigenvalue weighted by molar-refractivity contribution is 6.21. The van der Waals surface area contributed by atoms with Gasteiger partial charge in [-0.15, -0.1) is 5.47 Å². The zero-order chi connectivity index (χ0) is 8.97. The van der Waals surface area contributed by atoms with Crippen molar-refractivity contribution in [2.75, 3.05) is 7.11 Å². The van der Waals surface area contributed by atoms with Gasteiger partial charge in [0, 0.05) is 6.42 Å². The summed E-state index contributed by atoms with van der Waals surface area (Å²) in [6.45, 7) is 0. The van der Waals surface area contributed by atoms with Gasteiger partial charge in [0.15, 0.2) is 0 Å². The van der Waals surface area contributed by atoms with Crippen LogP contribution in [0.3, 0.4) is 0 Å². The van der Waals surface area contributed by atoms with Crippen LogP contribution in [0, 0.1) is 5.92 Å². The highest BCUT2D eigenvalue weighted by Gasteiger charge is 2.15. The van der Waals surface area contributed by atoms with Gasteiger partial charge in [-0.05, 0) is 25.2 Å². The third kappa shape index (κ3) is 2.72. The van der Waals surface area contributed by atoms with Crippen molar-refractivity contribution in [2.24, 2.45) is 5.92 Å². The van der Waals surface area contributed by atoms with Crippen LogP contribution in [0.5, 0.6) is 0 Å². The minimum absolute atomic E-state index is 0.117. The summed E-state index contributed by atoms with van der Waals surface area (Å²) in [6.07, 6.45) is 5.39. The number of carbonyl (C=O) groups is 1. The first-order valence-corrected chi connectivity index (χ1v) is 4.23. The SMILES string of the molecule is [B]C1=CCC(CC(=O)OC)CC1. The Balaban J connectivity index is 2.32. The van der Waals surface area contributed by atoms with Crippen molar-refractivity contribution in [1.82, 2.24) is 0 Å². The number of esters is 1. The van der Waals surface area contributed by atoms with Crippen LogP contribution in [-0.4, -0.2) is 20.9 Å². The molecule has 0 saturated heterocycles. The zero-order valence-corrected chi connectivity index (χ0v) is 7.38. The molecule has 1 unspecified atom stereocenters. The molecule has 1 aliphatic rings. The van der Waals surface area contributed by atoms with Gasteiger partial charge in [-0.2, -0.15) is 0 Å². The lowest BCUT2D eigenvalue weighted by Gasteiger charge is -2.19. The number of hydrogen-bond donors (Lipinski definition) is 0. The fraction of sp³-hybridized carbons (Fsp3) is 0.667. The molecule has 0 heterocycles. The van der Waals surface area contributed by atoms with E-state index in [1.165, 1.54) is 7.11 Å². The largest absolute Gasteiger partial charge is 0.469 e. The molecule has 2 radical (unpaired) electrons. The maximum absolute atomic E-state index is 10.9. The van der Waals surface area contributed by atoms with E-state index in [0.717, 1.165) is 24.7 Å². The average molecular weight is 164 g/mol. The second-order valence-corrected chi connectivity index (χ2v) is 3.20. The molecule has 0 spiro atoms. The van der Waals surface area contributed by atoms with E-state index < -0.39 is 0 Å². The van der Waals surface area contributed by atoms with Crippen molar-refractivity contribution in [3.63, 3.8) is 0 Å². The van der Waals surface area contributed by atoms with Gasteiger partial charge in [0.2, 0.25) is 0 Å². The van der Waals surface area contributed by atoms with Crippen LogP contribution >= 0.6 is 0 Å². The van der Waals surface area contributed by atoms with E-state index in [9.17, 15) is 4.79 Å². The minimum Gasteiger partial charge on any atom is -0.469 e. The van der Waals surface area contributed by atoms with Gasteiger partial charge in [-0.3, -0.25) is 4.79 Å². The van der Waals surface area contributed by atoms with Crippen LogP contribution in [-0.2, 0) is 9.53 Å². The first-order chi connectivity index (χ1) is 5.72. The number of hydrogen-bond acceptors (Lipinski definition) is 2. The summed E-state index contributed by atoms with van der Waals surface area (Å²) in [5.41, 5.74) is 0.955. The molecular weight excluding hydrogens is 151 g/mol. The van der Waals surface area contributed by atoms with Gasteiger partial charge in [0.25, 0.3) is 0 Å². The van der Waals surface area contributed by atoms with Gasteiger partial charge in [0.1, 0.15) is 7.85 Å². The summed E-state index contributed by atoms with van der Waals surface area (Å²) in [4.78, 5) is 10.9. The summed E-state index contributed by atoms with van der Waals surface area (Å²) in [5, 5.41) is 0. The van der Waals surface area contributed by atoms with E-state index in [-0.39, 0.29) is 5.97 Å². The van der Waals surface area contributed by atoms with Gasteiger partial charge in [0.05, 0.1) is 7.11 Å². The van der Waals surface area contributed by atoms with Crippen LogP contribution in [0.4, 0.5) is 0 Å². The second kappa shape index (κ2) is 4.34. The minimum atomic E-state index is -0.117. The van der Waals surface area contributed by atoms with Gasteiger partial charge in [-0.1, -0.05) is 6.08 Å². The third-order valence-corrected chi connectivity index (χ3v) is 2.24. The van der Waals surface area contributed by atoms with E-state index in [0.29, 0.717) is 12.3 Å². The van der Waals surface area contributed by atoms with E-state index in [4.69, 9.17) is 7.85 Å². The normalized spacial score (nSPS) is 23.1. The standard InChI is InChI=1S/C9H13BO2/c1-12-9(11)6-7-2-4-8(10)5-3-7/h4,7H,2-3,5-6H2,1H3. The maximum atomic E-state index is 10.9. The molecule has 64 valence electrons. The van der Waals surface area contributed by atoms with Crippen molar-refractivity contribution in [2.45, 2.75) is 25.7 Å². The quantitative estimate of drug-likeness (QED) is 0.455. The number of methoxy groups -OCH3 is 1. The first-order valence-electron chi connectivity index (χ1n) is 4.23. The van der Waals surface area contributed by atoms with Crippen molar-refractivity contribution in [3.8, 4) is 0 Å². The second-order valence-electron chi connectivity index (χ2n) is 3.20. The molecule has 0 bridgehead atoms. The summed E-state index contributed by atoms with van der Waals surface area (Å²) in [5.74, 6) is 0.318. The molecule has 3 heteroatoms. The zero-order valence-electron chi connectivity index (χ0n) is 7.38. The molecule has 0 aromatic carbocycles. The highest BCUT2D eigenvalue weighted by atomic mass is 16.5. The molecule has 12 heavy (non-hydrogen) atoms. The van der Waals surface area contributed by atoms with Crippen LogP contribution in [0.25, 0.3) is 0 Å². The molecule has 1 aliphatic carbocycles. The Morgan fingerprint density at radius 1 is 1.83 bits per heavy atom. The first kappa shape index (κ1) is 9.36. The molecular formula is C9H13BO2. The maximum Gasteiger partial charge on any atom is 0.305 e. The highest BCUT2D eigenvalue weighted by Crippen LogP contribution is 2.24. The lowest BCUT2D eigenvalue weighted by Crippen LogP contribution is -2.12. The van der Waals surface area contributed by atoms with Gasteiger partial charge >= 0.3 is 5.97 Å². The molecule has 0 aromatic rings. The van der Waals surface area contributed by atoms with Crippen LogP contribution < -0.4 is 0 Å². The van der Waals surface area contributed by atoms with E-state index >= 15 is 0 Å².